The van der Waals surface area contributed by atoms with Crippen molar-refractivity contribution in [1.29, 1.82) is 0 Å². The largest absolute Gasteiger partial charge is 0.381 e. The fraction of sp³-hybridized carbons (Fsp3) is 0.647. The van der Waals surface area contributed by atoms with Gasteiger partial charge in [-0.15, -0.1) is 0 Å². The molecular formula is C17H27BrN2. The number of hydrogen-bond donors (Lipinski definition) is 1. The molecule has 1 aromatic rings. The summed E-state index contributed by atoms with van der Waals surface area (Å²) in [5.74, 6) is 0.788. The Balaban J connectivity index is 1.89. The number of nitrogens with one attached hydrogen (secondary N) is 1. The van der Waals surface area contributed by atoms with E-state index in [1.54, 1.807) is 0 Å². The van der Waals surface area contributed by atoms with Crippen molar-refractivity contribution in [2.45, 2.75) is 46.1 Å². The molecule has 0 aromatic heterocycles. The standard InChI is InChI=1S/C17H27BrN2/c1-4-9-20-10-7-15(8-11-20)14(3)19-17-12-13(2)5-6-16(17)18/h5-6,12,14-15,19H,4,7-11H2,1-3H3. The summed E-state index contributed by atoms with van der Waals surface area (Å²) in [7, 11) is 0. The Kier molecular flexibility index (Phi) is 5.91. The lowest BCUT2D eigenvalue weighted by molar-refractivity contribution is 0.176. The van der Waals surface area contributed by atoms with Crippen molar-refractivity contribution in [3.05, 3.63) is 28.2 Å². The van der Waals surface area contributed by atoms with Crippen LogP contribution in [0.1, 0.15) is 38.7 Å². The second-order valence-corrected chi connectivity index (χ2v) is 6.95. The number of benzene rings is 1. The summed E-state index contributed by atoms with van der Waals surface area (Å²) < 4.78 is 1.17. The molecule has 2 nitrogen and oxygen atoms in total. The van der Waals surface area contributed by atoms with Gasteiger partial charge in [0.2, 0.25) is 0 Å². The van der Waals surface area contributed by atoms with Crippen LogP contribution in [0.5, 0.6) is 0 Å². The maximum Gasteiger partial charge on any atom is 0.0489 e. The molecule has 0 radical (unpaired) electrons. The number of halogens is 1. The number of aryl methyl sites for hydroxylation is 1. The summed E-state index contributed by atoms with van der Waals surface area (Å²) in [6.45, 7) is 10.5. The molecule has 2 rings (SSSR count). The van der Waals surface area contributed by atoms with Crippen molar-refractivity contribution in [3.63, 3.8) is 0 Å². The molecule has 1 aromatic carbocycles. The summed E-state index contributed by atoms with van der Waals surface area (Å²) in [6.07, 6.45) is 3.91. The van der Waals surface area contributed by atoms with Gasteiger partial charge in [0.25, 0.3) is 0 Å². The molecule has 1 heterocycles. The van der Waals surface area contributed by atoms with Crippen LogP contribution in [0, 0.1) is 12.8 Å². The van der Waals surface area contributed by atoms with E-state index in [0.29, 0.717) is 6.04 Å². The lowest BCUT2D eigenvalue weighted by Gasteiger charge is -2.35. The smallest absolute Gasteiger partial charge is 0.0489 e. The van der Waals surface area contributed by atoms with E-state index in [-0.39, 0.29) is 0 Å². The molecule has 0 amide bonds. The maximum absolute atomic E-state index is 3.70. The minimum absolute atomic E-state index is 0.539. The molecule has 112 valence electrons. The van der Waals surface area contributed by atoms with Crippen molar-refractivity contribution in [2.24, 2.45) is 5.92 Å². The van der Waals surface area contributed by atoms with Crippen LogP contribution in [-0.4, -0.2) is 30.6 Å². The molecule has 1 saturated heterocycles. The van der Waals surface area contributed by atoms with Gasteiger partial charge in [-0.1, -0.05) is 13.0 Å². The molecule has 0 aliphatic carbocycles. The molecule has 0 bridgehead atoms. The summed E-state index contributed by atoms with van der Waals surface area (Å²) in [6, 6.07) is 7.04. The monoisotopic (exact) mass is 338 g/mol. The van der Waals surface area contributed by atoms with Gasteiger partial charge in [0, 0.05) is 16.2 Å². The second kappa shape index (κ2) is 7.46. The highest BCUT2D eigenvalue weighted by atomic mass is 79.9. The Morgan fingerprint density at radius 2 is 2.05 bits per heavy atom. The zero-order chi connectivity index (χ0) is 14.5. The van der Waals surface area contributed by atoms with E-state index in [4.69, 9.17) is 0 Å². The molecule has 1 N–H and O–H groups in total. The van der Waals surface area contributed by atoms with Crippen LogP contribution in [-0.2, 0) is 0 Å². The molecule has 1 unspecified atom stereocenters. The minimum Gasteiger partial charge on any atom is -0.381 e. The third-order valence-corrected chi connectivity index (χ3v) is 5.08. The Labute approximate surface area is 132 Å². The molecule has 1 aliphatic rings. The molecule has 0 spiro atoms. The van der Waals surface area contributed by atoms with Crippen LogP contribution < -0.4 is 5.32 Å². The Hall–Kier alpha value is -0.540. The highest BCUT2D eigenvalue weighted by Gasteiger charge is 2.23. The first-order valence-corrected chi connectivity index (χ1v) is 8.64. The topological polar surface area (TPSA) is 15.3 Å². The number of anilines is 1. The van der Waals surface area contributed by atoms with E-state index in [1.165, 1.54) is 54.6 Å². The van der Waals surface area contributed by atoms with Crippen LogP contribution in [0.2, 0.25) is 0 Å². The normalized spacial score (nSPS) is 19.0. The predicted octanol–water partition coefficient (Wildman–Crippen LogP) is 4.68. The number of hydrogen-bond acceptors (Lipinski definition) is 2. The van der Waals surface area contributed by atoms with Crippen LogP contribution in [0.25, 0.3) is 0 Å². The number of nitrogens with zero attached hydrogens (tertiary/aromatic N) is 1. The van der Waals surface area contributed by atoms with Gasteiger partial charge >= 0.3 is 0 Å². The number of rotatable bonds is 5. The Morgan fingerprint density at radius 1 is 1.35 bits per heavy atom. The minimum atomic E-state index is 0.539. The maximum atomic E-state index is 3.70. The lowest BCUT2D eigenvalue weighted by Crippen LogP contribution is -2.39. The van der Waals surface area contributed by atoms with Crippen molar-refractivity contribution in [3.8, 4) is 0 Å². The SMILES string of the molecule is CCCN1CCC(C(C)Nc2cc(C)ccc2Br)CC1. The second-order valence-electron chi connectivity index (χ2n) is 6.10. The predicted molar refractivity (Wildman–Crippen MR) is 91.4 cm³/mol. The van der Waals surface area contributed by atoms with E-state index in [9.17, 15) is 0 Å². The summed E-state index contributed by atoms with van der Waals surface area (Å²) in [5, 5.41) is 3.70. The lowest BCUT2D eigenvalue weighted by atomic mass is 9.90. The fourth-order valence-corrected chi connectivity index (χ4v) is 3.47. The van der Waals surface area contributed by atoms with Gasteiger partial charge < -0.3 is 10.2 Å². The summed E-state index contributed by atoms with van der Waals surface area (Å²) in [5.41, 5.74) is 2.54. The first kappa shape index (κ1) is 15.8. The van der Waals surface area contributed by atoms with Crippen LogP contribution in [0.3, 0.4) is 0 Å². The quantitative estimate of drug-likeness (QED) is 0.838. The Morgan fingerprint density at radius 3 is 2.70 bits per heavy atom. The van der Waals surface area contributed by atoms with Crippen molar-refractivity contribution in [1.82, 2.24) is 4.90 Å². The van der Waals surface area contributed by atoms with Crippen LogP contribution in [0.15, 0.2) is 22.7 Å². The van der Waals surface area contributed by atoms with Crippen molar-refractivity contribution < 1.29 is 0 Å². The average molecular weight is 339 g/mol. The first-order valence-electron chi connectivity index (χ1n) is 7.85. The average Bonchev–Trinajstić information content (AvgIpc) is 2.44. The van der Waals surface area contributed by atoms with Gasteiger partial charge in [-0.25, -0.2) is 0 Å². The molecule has 1 aliphatic heterocycles. The summed E-state index contributed by atoms with van der Waals surface area (Å²) >= 11 is 3.64. The summed E-state index contributed by atoms with van der Waals surface area (Å²) in [4.78, 5) is 2.60. The van der Waals surface area contributed by atoms with Gasteiger partial charge in [-0.3, -0.25) is 0 Å². The molecular weight excluding hydrogens is 312 g/mol. The number of piperidine rings is 1. The van der Waals surface area contributed by atoms with E-state index in [0.717, 1.165) is 5.92 Å². The zero-order valence-corrected chi connectivity index (χ0v) is 14.5. The van der Waals surface area contributed by atoms with Crippen LogP contribution in [0.4, 0.5) is 5.69 Å². The molecule has 0 saturated carbocycles. The third kappa shape index (κ3) is 4.23. The van der Waals surface area contributed by atoms with E-state index < -0.39 is 0 Å². The number of likely N-dealkylation sites (tertiary alicyclic amines) is 1. The van der Waals surface area contributed by atoms with Crippen LogP contribution >= 0.6 is 15.9 Å². The Bertz CT molecular complexity index is 425. The van der Waals surface area contributed by atoms with E-state index in [1.807, 2.05) is 0 Å². The zero-order valence-electron chi connectivity index (χ0n) is 13.0. The molecule has 1 fully saturated rings. The van der Waals surface area contributed by atoms with Crippen molar-refractivity contribution >= 4 is 21.6 Å². The highest BCUT2D eigenvalue weighted by molar-refractivity contribution is 9.10. The van der Waals surface area contributed by atoms with Gasteiger partial charge in [0.1, 0.15) is 0 Å². The van der Waals surface area contributed by atoms with E-state index >= 15 is 0 Å². The van der Waals surface area contributed by atoms with Gasteiger partial charge in [-0.05, 0) is 92.3 Å². The third-order valence-electron chi connectivity index (χ3n) is 4.38. The molecule has 1 atom stereocenters. The molecule has 20 heavy (non-hydrogen) atoms. The highest BCUT2D eigenvalue weighted by Crippen LogP contribution is 2.28. The van der Waals surface area contributed by atoms with Gasteiger partial charge in [-0.2, -0.15) is 0 Å². The molecule has 3 heteroatoms. The fourth-order valence-electron chi connectivity index (χ4n) is 3.11. The first-order chi connectivity index (χ1) is 9.60. The van der Waals surface area contributed by atoms with Gasteiger partial charge in [0.05, 0.1) is 0 Å². The van der Waals surface area contributed by atoms with Gasteiger partial charge in [0.15, 0.2) is 0 Å². The van der Waals surface area contributed by atoms with E-state index in [2.05, 4.69) is 65.1 Å². The van der Waals surface area contributed by atoms with Crippen molar-refractivity contribution in [2.75, 3.05) is 25.0 Å².